The number of rotatable bonds is 6. The number of aryl methyl sites for hydroxylation is 1. The van der Waals surface area contributed by atoms with Crippen molar-refractivity contribution in [1.29, 1.82) is 0 Å². The molecule has 0 spiro atoms. The fourth-order valence-electron chi connectivity index (χ4n) is 3.04. The van der Waals surface area contributed by atoms with Crippen molar-refractivity contribution in [2.75, 3.05) is 5.32 Å². The number of halogens is 1. The molecule has 1 aromatic heterocycles. The molecule has 28 heavy (non-hydrogen) atoms. The molecule has 0 radical (unpaired) electrons. The molecule has 0 saturated carbocycles. The van der Waals surface area contributed by atoms with Crippen LogP contribution in [0, 0.1) is 5.82 Å². The molecule has 4 aromatic rings. The lowest BCUT2D eigenvalue weighted by Gasteiger charge is -2.17. The third-order valence-corrected chi connectivity index (χ3v) is 4.56. The van der Waals surface area contributed by atoms with Crippen molar-refractivity contribution in [3.05, 3.63) is 102 Å². The molecule has 140 valence electrons. The third-order valence-electron chi connectivity index (χ3n) is 4.56. The summed E-state index contributed by atoms with van der Waals surface area (Å²) in [5.74, 6) is 0.588. The Morgan fingerprint density at radius 2 is 1.71 bits per heavy atom. The van der Waals surface area contributed by atoms with Crippen molar-refractivity contribution in [2.45, 2.75) is 19.4 Å². The number of nitrogens with one attached hydrogen (secondary N) is 1. The first-order chi connectivity index (χ1) is 13.7. The standard InChI is InChI=1S/C23H20FN3O/c1-2-16-7-6-10-20(15-16)25-21(17-11-13-19(24)14-12-17)23-27-26-22(28-23)18-8-4-3-5-9-18/h3-15,21,25H,2H2,1H3. The van der Waals surface area contributed by atoms with Crippen molar-refractivity contribution in [1.82, 2.24) is 10.2 Å². The summed E-state index contributed by atoms with van der Waals surface area (Å²) in [5, 5.41) is 11.9. The monoisotopic (exact) mass is 373 g/mol. The lowest BCUT2D eigenvalue weighted by atomic mass is 10.1. The normalized spacial score (nSPS) is 11.9. The second kappa shape index (κ2) is 8.05. The molecule has 4 nitrogen and oxygen atoms in total. The molecule has 0 aliphatic heterocycles. The van der Waals surface area contributed by atoms with Gasteiger partial charge in [0.15, 0.2) is 0 Å². The summed E-state index contributed by atoms with van der Waals surface area (Å²) in [4.78, 5) is 0. The van der Waals surface area contributed by atoms with E-state index in [0.29, 0.717) is 11.8 Å². The molecule has 0 aliphatic carbocycles. The van der Waals surface area contributed by atoms with Gasteiger partial charge in [0.2, 0.25) is 11.8 Å². The van der Waals surface area contributed by atoms with Crippen LogP contribution in [0.3, 0.4) is 0 Å². The highest BCUT2D eigenvalue weighted by Gasteiger charge is 2.21. The summed E-state index contributed by atoms with van der Waals surface area (Å²) < 4.78 is 19.4. The fourth-order valence-corrected chi connectivity index (χ4v) is 3.04. The molecule has 0 bridgehead atoms. The Balaban J connectivity index is 1.70. The minimum Gasteiger partial charge on any atom is -0.418 e. The SMILES string of the molecule is CCc1cccc(NC(c2ccc(F)cc2)c2nnc(-c3ccccc3)o2)c1. The van der Waals surface area contributed by atoms with E-state index in [9.17, 15) is 4.39 Å². The fraction of sp³-hybridized carbons (Fsp3) is 0.130. The largest absolute Gasteiger partial charge is 0.418 e. The number of hydrogen-bond donors (Lipinski definition) is 1. The van der Waals surface area contributed by atoms with Gasteiger partial charge in [0.25, 0.3) is 0 Å². The van der Waals surface area contributed by atoms with Gasteiger partial charge < -0.3 is 9.73 Å². The molecular formula is C23H20FN3O. The van der Waals surface area contributed by atoms with Crippen molar-refractivity contribution < 1.29 is 8.81 Å². The third kappa shape index (κ3) is 3.93. The van der Waals surface area contributed by atoms with E-state index in [1.165, 1.54) is 17.7 Å². The molecule has 0 amide bonds. The lowest BCUT2D eigenvalue weighted by Crippen LogP contribution is -2.13. The van der Waals surface area contributed by atoms with E-state index in [2.05, 4.69) is 34.6 Å². The van der Waals surface area contributed by atoms with Gasteiger partial charge >= 0.3 is 0 Å². The van der Waals surface area contributed by atoms with Crippen LogP contribution in [0.4, 0.5) is 10.1 Å². The Morgan fingerprint density at radius 3 is 2.46 bits per heavy atom. The maximum absolute atomic E-state index is 13.4. The molecule has 1 atom stereocenters. The van der Waals surface area contributed by atoms with E-state index in [1.807, 2.05) is 42.5 Å². The maximum Gasteiger partial charge on any atom is 0.247 e. The highest BCUT2D eigenvalue weighted by molar-refractivity contribution is 5.53. The van der Waals surface area contributed by atoms with Crippen LogP contribution in [0.25, 0.3) is 11.5 Å². The van der Waals surface area contributed by atoms with E-state index in [0.717, 1.165) is 23.2 Å². The van der Waals surface area contributed by atoms with Crippen LogP contribution in [0.2, 0.25) is 0 Å². The van der Waals surface area contributed by atoms with Crippen molar-refractivity contribution in [3.63, 3.8) is 0 Å². The first kappa shape index (κ1) is 17.9. The summed E-state index contributed by atoms with van der Waals surface area (Å²) >= 11 is 0. The minimum atomic E-state index is -0.391. The number of hydrogen-bond acceptors (Lipinski definition) is 4. The second-order valence-electron chi connectivity index (χ2n) is 6.49. The minimum absolute atomic E-state index is 0.286. The van der Waals surface area contributed by atoms with Crippen molar-refractivity contribution in [3.8, 4) is 11.5 Å². The quantitative estimate of drug-likeness (QED) is 0.475. The van der Waals surface area contributed by atoms with E-state index >= 15 is 0 Å². The second-order valence-corrected chi connectivity index (χ2v) is 6.49. The molecule has 3 aromatic carbocycles. The Kier molecular flexibility index (Phi) is 5.15. The lowest BCUT2D eigenvalue weighted by molar-refractivity contribution is 0.493. The Morgan fingerprint density at radius 1 is 0.929 bits per heavy atom. The van der Waals surface area contributed by atoms with Gasteiger partial charge in [0, 0.05) is 11.3 Å². The number of nitrogens with zero attached hydrogens (tertiary/aromatic N) is 2. The molecule has 5 heteroatoms. The first-order valence-corrected chi connectivity index (χ1v) is 9.22. The molecule has 0 aliphatic rings. The molecule has 1 N–H and O–H groups in total. The van der Waals surface area contributed by atoms with E-state index in [1.54, 1.807) is 12.1 Å². The zero-order valence-electron chi connectivity index (χ0n) is 15.5. The summed E-state index contributed by atoms with van der Waals surface area (Å²) in [5.41, 5.74) is 3.85. The average Bonchev–Trinajstić information content (AvgIpc) is 3.23. The van der Waals surface area contributed by atoms with Gasteiger partial charge in [0.1, 0.15) is 11.9 Å². The van der Waals surface area contributed by atoms with E-state index in [4.69, 9.17) is 4.42 Å². The Hall–Kier alpha value is -3.47. The predicted octanol–water partition coefficient (Wildman–Crippen LogP) is 5.64. The summed E-state index contributed by atoms with van der Waals surface area (Å²) in [6.45, 7) is 2.11. The summed E-state index contributed by atoms with van der Waals surface area (Å²) in [6, 6.07) is 23.7. The van der Waals surface area contributed by atoms with E-state index < -0.39 is 6.04 Å². The summed E-state index contributed by atoms with van der Waals surface area (Å²) in [6.07, 6.45) is 0.940. The van der Waals surface area contributed by atoms with Crippen LogP contribution >= 0.6 is 0 Å². The predicted molar refractivity (Wildman–Crippen MR) is 107 cm³/mol. The molecular weight excluding hydrogens is 353 g/mol. The van der Waals surface area contributed by atoms with Crippen LogP contribution in [0.15, 0.2) is 83.3 Å². The molecule has 1 heterocycles. The van der Waals surface area contributed by atoms with Crippen molar-refractivity contribution in [2.24, 2.45) is 0 Å². The molecule has 1 unspecified atom stereocenters. The van der Waals surface area contributed by atoms with Crippen molar-refractivity contribution >= 4 is 5.69 Å². The van der Waals surface area contributed by atoms with Gasteiger partial charge in [-0.1, -0.05) is 49.4 Å². The smallest absolute Gasteiger partial charge is 0.247 e. The highest BCUT2D eigenvalue weighted by Crippen LogP contribution is 2.29. The summed E-state index contributed by atoms with van der Waals surface area (Å²) in [7, 11) is 0. The van der Waals surface area contributed by atoms with Crippen LogP contribution in [-0.2, 0) is 6.42 Å². The van der Waals surface area contributed by atoms with Gasteiger partial charge in [0.05, 0.1) is 0 Å². The number of benzene rings is 3. The van der Waals surface area contributed by atoms with Gasteiger partial charge in [-0.15, -0.1) is 10.2 Å². The molecule has 0 fully saturated rings. The van der Waals surface area contributed by atoms with Gasteiger partial charge in [-0.3, -0.25) is 0 Å². The average molecular weight is 373 g/mol. The number of anilines is 1. The van der Waals surface area contributed by atoms with Crippen LogP contribution in [0.1, 0.15) is 30.0 Å². The van der Waals surface area contributed by atoms with Gasteiger partial charge in [-0.2, -0.15) is 0 Å². The molecule has 0 saturated heterocycles. The van der Waals surface area contributed by atoms with Gasteiger partial charge in [-0.25, -0.2) is 4.39 Å². The molecule has 4 rings (SSSR count). The topological polar surface area (TPSA) is 51.0 Å². The highest BCUT2D eigenvalue weighted by atomic mass is 19.1. The van der Waals surface area contributed by atoms with Crippen LogP contribution in [-0.4, -0.2) is 10.2 Å². The zero-order chi connectivity index (χ0) is 19.3. The maximum atomic E-state index is 13.4. The number of aromatic nitrogens is 2. The van der Waals surface area contributed by atoms with Crippen LogP contribution in [0.5, 0.6) is 0 Å². The first-order valence-electron chi connectivity index (χ1n) is 9.22. The van der Waals surface area contributed by atoms with Crippen LogP contribution < -0.4 is 5.32 Å². The van der Waals surface area contributed by atoms with E-state index in [-0.39, 0.29) is 5.82 Å². The Bertz CT molecular complexity index is 1040. The van der Waals surface area contributed by atoms with Gasteiger partial charge in [-0.05, 0) is 53.9 Å². The zero-order valence-corrected chi connectivity index (χ0v) is 15.5. The Labute approximate surface area is 163 Å².